The van der Waals surface area contributed by atoms with E-state index < -0.39 is 23.8 Å². The Labute approximate surface area is 132 Å². The van der Waals surface area contributed by atoms with Gasteiger partial charge in [-0.25, -0.2) is 0 Å². The maximum atomic E-state index is 12.6. The summed E-state index contributed by atoms with van der Waals surface area (Å²) in [4.78, 5) is 12.0. The zero-order chi connectivity index (χ0) is 17.0. The number of halogens is 3. The van der Waals surface area contributed by atoms with Crippen LogP contribution in [0.1, 0.15) is 18.1 Å². The molecule has 0 saturated carbocycles. The third-order valence-corrected chi connectivity index (χ3v) is 3.16. The van der Waals surface area contributed by atoms with Crippen LogP contribution in [0.5, 0.6) is 5.75 Å². The lowest BCUT2D eigenvalue weighted by atomic mass is 10.2. The van der Waals surface area contributed by atoms with Gasteiger partial charge in [-0.05, 0) is 44.2 Å². The van der Waals surface area contributed by atoms with Gasteiger partial charge < -0.3 is 10.1 Å². The van der Waals surface area contributed by atoms with Gasteiger partial charge in [-0.3, -0.25) is 4.79 Å². The van der Waals surface area contributed by atoms with Crippen LogP contribution in [-0.4, -0.2) is 12.0 Å². The second kappa shape index (κ2) is 6.73. The molecule has 6 heteroatoms. The summed E-state index contributed by atoms with van der Waals surface area (Å²) in [7, 11) is 0. The van der Waals surface area contributed by atoms with E-state index in [0.717, 1.165) is 17.7 Å². The van der Waals surface area contributed by atoms with Gasteiger partial charge in [0.25, 0.3) is 5.91 Å². The van der Waals surface area contributed by atoms with E-state index in [-0.39, 0.29) is 5.69 Å². The van der Waals surface area contributed by atoms with Crippen LogP contribution < -0.4 is 10.1 Å². The predicted molar refractivity (Wildman–Crippen MR) is 81.3 cm³/mol. The number of rotatable bonds is 4. The number of hydrogen-bond acceptors (Lipinski definition) is 2. The highest BCUT2D eigenvalue weighted by atomic mass is 19.4. The SMILES string of the molecule is Cc1ccc(O[C@@H](C)C(=O)Nc2cccc(C(F)(F)F)c2)cc1. The van der Waals surface area contributed by atoms with Crippen LogP contribution >= 0.6 is 0 Å². The van der Waals surface area contributed by atoms with Gasteiger partial charge in [-0.1, -0.05) is 23.8 Å². The molecular formula is C17H16F3NO2. The van der Waals surface area contributed by atoms with Crippen molar-refractivity contribution in [3.05, 3.63) is 59.7 Å². The molecule has 0 fully saturated rings. The van der Waals surface area contributed by atoms with Crippen molar-refractivity contribution in [2.24, 2.45) is 0 Å². The maximum absolute atomic E-state index is 12.6. The number of benzene rings is 2. The summed E-state index contributed by atoms with van der Waals surface area (Å²) in [5, 5.41) is 2.42. The zero-order valence-corrected chi connectivity index (χ0v) is 12.6. The first-order valence-corrected chi connectivity index (χ1v) is 6.97. The number of amides is 1. The van der Waals surface area contributed by atoms with Gasteiger partial charge in [0, 0.05) is 5.69 Å². The van der Waals surface area contributed by atoms with E-state index in [9.17, 15) is 18.0 Å². The summed E-state index contributed by atoms with van der Waals surface area (Å²) >= 11 is 0. The average Bonchev–Trinajstić information content (AvgIpc) is 2.49. The molecule has 0 unspecified atom stereocenters. The third-order valence-electron chi connectivity index (χ3n) is 3.16. The van der Waals surface area contributed by atoms with Crippen molar-refractivity contribution >= 4 is 11.6 Å². The molecule has 2 aromatic rings. The van der Waals surface area contributed by atoms with Crippen molar-refractivity contribution in [2.45, 2.75) is 26.1 Å². The van der Waals surface area contributed by atoms with E-state index >= 15 is 0 Å². The van der Waals surface area contributed by atoms with Crippen LogP contribution in [0.15, 0.2) is 48.5 Å². The van der Waals surface area contributed by atoms with Crippen LogP contribution in [0.2, 0.25) is 0 Å². The first-order chi connectivity index (χ1) is 10.8. The van der Waals surface area contributed by atoms with Crippen molar-refractivity contribution in [1.82, 2.24) is 0 Å². The summed E-state index contributed by atoms with van der Waals surface area (Å²) in [5.74, 6) is -0.00723. The Morgan fingerprint density at radius 1 is 1.13 bits per heavy atom. The van der Waals surface area contributed by atoms with E-state index in [1.165, 1.54) is 19.1 Å². The van der Waals surface area contributed by atoms with Crippen molar-refractivity contribution < 1.29 is 22.7 Å². The van der Waals surface area contributed by atoms with E-state index in [2.05, 4.69) is 5.32 Å². The Morgan fingerprint density at radius 2 is 1.78 bits per heavy atom. The monoisotopic (exact) mass is 323 g/mol. The van der Waals surface area contributed by atoms with Gasteiger partial charge in [0.1, 0.15) is 5.75 Å². The van der Waals surface area contributed by atoms with Crippen LogP contribution in [0.3, 0.4) is 0 Å². The molecule has 0 saturated heterocycles. The molecule has 0 bridgehead atoms. The first-order valence-electron chi connectivity index (χ1n) is 6.97. The molecule has 1 amide bonds. The standard InChI is InChI=1S/C17H16F3NO2/c1-11-6-8-15(9-7-11)23-12(2)16(22)21-14-5-3-4-13(10-14)17(18,19)20/h3-10,12H,1-2H3,(H,21,22)/t12-/m0/s1. The number of carbonyl (C=O) groups is 1. The maximum Gasteiger partial charge on any atom is 0.416 e. The fraction of sp³-hybridized carbons (Fsp3) is 0.235. The fourth-order valence-electron chi connectivity index (χ4n) is 1.89. The van der Waals surface area contributed by atoms with Gasteiger partial charge in [-0.15, -0.1) is 0 Å². The average molecular weight is 323 g/mol. The number of carbonyl (C=O) groups excluding carboxylic acids is 1. The Kier molecular flexibility index (Phi) is 4.93. The molecule has 23 heavy (non-hydrogen) atoms. The summed E-state index contributed by atoms with van der Waals surface area (Å²) in [6.45, 7) is 3.45. The summed E-state index contributed by atoms with van der Waals surface area (Å²) in [6.07, 6.45) is -5.29. The molecule has 2 aromatic carbocycles. The minimum absolute atomic E-state index is 0.0733. The Bertz CT molecular complexity index is 681. The van der Waals surface area contributed by atoms with Crippen molar-refractivity contribution in [3.63, 3.8) is 0 Å². The number of alkyl halides is 3. The molecule has 3 nitrogen and oxygen atoms in total. The van der Waals surface area contributed by atoms with Gasteiger partial charge in [-0.2, -0.15) is 13.2 Å². The van der Waals surface area contributed by atoms with E-state index in [4.69, 9.17) is 4.74 Å². The quantitative estimate of drug-likeness (QED) is 0.904. The highest BCUT2D eigenvalue weighted by molar-refractivity contribution is 5.94. The Balaban J connectivity index is 2.02. The third kappa shape index (κ3) is 4.74. The summed E-state index contributed by atoms with van der Waals surface area (Å²) in [5.41, 5.74) is 0.310. The van der Waals surface area contributed by atoms with Crippen LogP contribution in [0, 0.1) is 6.92 Å². The normalized spacial score (nSPS) is 12.6. The van der Waals surface area contributed by atoms with Crippen molar-refractivity contribution in [2.75, 3.05) is 5.32 Å². The Hall–Kier alpha value is -2.50. The molecule has 2 rings (SSSR count). The smallest absolute Gasteiger partial charge is 0.416 e. The van der Waals surface area contributed by atoms with Gasteiger partial charge in [0.2, 0.25) is 0 Å². The van der Waals surface area contributed by atoms with E-state index in [0.29, 0.717) is 5.75 Å². The number of nitrogens with one attached hydrogen (secondary N) is 1. The van der Waals surface area contributed by atoms with Crippen molar-refractivity contribution in [3.8, 4) is 5.75 Å². The van der Waals surface area contributed by atoms with Crippen LogP contribution in [0.25, 0.3) is 0 Å². The molecule has 0 heterocycles. The number of ether oxygens (including phenoxy) is 1. The highest BCUT2D eigenvalue weighted by Gasteiger charge is 2.30. The molecule has 0 spiro atoms. The largest absolute Gasteiger partial charge is 0.481 e. The van der Waals surface area contributed by atoms with E-state index in [1.807, 2.05) is 19.1 Å². The minimum Gasteiger partial charge on any atom is -0.481 e. The number of anilines is 1. The lowest BCUT2D eigenvalue weighted by molar-refractivity contribution is -0.137. The van der Waals surface area contributed by atoms with Gasteiger partial charge in [0.05, 0.1) is 5.56 Å². The lowest BCUT2D eigenvalue weighted by Crippen LogP contribution is -2.30. The second-order valence-electron chi connectivity index (χ2n) is 5.14. The molecule has 1 N–H and O–H groups in total. The van der Waals surface area contributed by atoms with E-state index in [1.54, 1.807) is 12.1 Å². The molecule has 0 aliphatic heterocycles. The lowest BCUT2D eigenvalue weighted by Gasteiger charge is -2.15. The summed E-state index contributed by atoms with van der Waals surface area (Å²) in [6, 6.07) is 11.6. The van der Waals surface area contributed by atoms with Gasteiger partial charge >= 0.3 is 6.18 Å². The highest BCUT2D eigenvalue weighted by Crippen LogP contribution is 2.30. The molecular weight excluding hydrogens is 307 g/mol. The topological polar surface area (TPSA) is 38.3 Å². The van der Waals surface area contributed by atoms with Crippen LogP contribution in [0.4, 0.5) is 18.9 Å². The fourth-order valence-corrected chi connectivity index (χ4v) is 1.89. The number of aryl methyl sites for hydroxylation is 1. The number of hydrogen-bond donors (Lipinski definition) is 1. The molecule has 122 valence electrons. The predicted octanol–water partition coefficient (Wildman–Crippen LogP) is 4.42. The van der Waals surface area contributed by atoms with Crippen molar-refractivity contribution in [1.29, 1.82) is 0 Å². The molecule has 0 aromatic heterocycles. The molecule has 0 aliphatic rings. The Morgan fingerprint density at radius 3 is 2.39 bits per heavy atom. The van der Waals surface area contributed by atoms with Crippen LogP contribution in [-0.2, 0) is 11.0 Å². The molecule has 0 radical (unpaired) electrons. The zero-order valence-electron chi connectivity index (χ0n) is 12.6. The summed E-state index contributed by atoms with van der Waals surface area (Å²) < 4.78 is 43.4. The molecule has 1 atom stereocenters. The molecule has 0 aliphatic carbocycles. The first kappa shape index (κ1) is 16.9. The van der Waals surface area contributed by atoms with Gasteiger partial charge in [0.15, 0.2) is 6.10 Å². The minimum atomic E-state index is -4.45. The second-order valence-corrected chi connectivity index (χ2v) is 5.14.